The van der Waals surface area contributed by atoms with Gasteiger partial charge in [0.05, 0.1) is 0 Å². The molecular formula is C17H29N. The van der Waals surface area contributed by atoms with Gasteiger partial charge >= 0.3 is 0 Å². The minimum Gasteiger partial charge on any atom is -0.308 e. The molecule has 0 aliphatic heterocycles. The van der Waals surface area contributed by atoms with Gasteiger partial charge in [-0.2, -0.15) is 0 Å². The van der Waals surface area contributed by atoms with Crippen molar-refractivity contribution in [1.82, 2.24) is 5.32 Å². The molecule has 18 heavy (non-hydrogen) atoms. The van der Waals surface area contributed by atoms with Gasteiger partial charge in [0.15, 0.2) is 0 Å². The van der Waals surface area contributed by atoms with Crippen molar-refractivity contribution in [3.05, 3.63) is 35.4 Å². The number of aryl methyl sites for hydroxylation is 1. The van der Waals surface area contributed by atoms with Gasteiger partial charge < -0.3 is 5.32 Å². The molecule has 102 valence electrons. The lowest BCUT2D eigenvalue weighted by Crippen LogP contribution is -2.28. The summed E-state index contributed by atoms with van der Waals surface area (Å²) in [5.41, 5.74) is 2.74. The Hall–Kier alpha value is -0.820. The summed E-state index contributed by atoms with van der Waals surface area (Å²) in [7, 11) is 0. The van der Waals surface area contributed by atoms with Gasteiger partial charge in [-0.3, -0.25) is 0 Å². The molecule has 1 N–H and O–H groups in total. The van der Waals surface area contributed by atoms with Crippen molar-refractivity contribution in [3.8, 4) is 0 Å². The maximum absolute atomic E-state index is 3.70. The van der Waals surface area contributed by atoms with Crippen LogP contribution in [0.15, 0.2) is 24.3 Å². The highest BCUT2D eigenvalue weighted by Crippen LogP contribution is 2.15. The van der Waals surface area contributed by atoms with Gasteiger partial charge in [-0.25, -0.2) is 0 Å². The second-order valence-corrected chi connectivity index (χ2v) is 5.55. The molecule has 2 unspecified atom stereocenters. The Bertz CT molecular complexity index is 332. The van der Waals surface area contributed by atoms with E-state index in [2.05, 4.69) is 57.3 Å². The minimum absolute atomic E-state index is 0.450. The Morgan fingerprint density at radius 2 is 1.89 bits per heavy atom. The number of rotatable bonds is 8. The Morgan fingerprint density at radius 1 is 1.11 bits per heavy atom. The molecule has 1 rings (SSSR count). The van der Waals surface area contributed by atoms with Crippen molar-refractivity contribution in [1.29, 1.82) is 0 Å². The van der Waals surface area contributed by atoms with Crippen LogP contribution in [0, 0.1) is 6.92 Å². The first-order valence-electron chi connectivity index (χ1n) is 7.46. The minimum atomic E-state index is 0.450. The van der Waals surface area contributed by atoms with Gasteiger partial charge in [0.1, 0.15) is 0 Å². The first-order chi connectivity index (χ1) is 8.63. The maximum atomic E-state index is 3.70. The van der Waals surface area contributed by atoms with E-state index in [1.54, 1.807) is 0 Å². The van der Waals surface area contributed by atoms with Gasteiger partial charge in [0.25, 0.3) is 0 Å². The highest BCUT2D eigenvalue weighted by atomic mass is 14.9. The van der Waals surface area contributed by atoms with Gasteiger partial charge in [0.2, 0.25) is 0 Å². The summed E-state index contributed by atoms with van der Waals surface area (Å²) in [6.07, 6.45) is 6.71. The first-order valence-corrected chi connectivity index (χ1v) is 7.46. The largest absolute Gasteiger partial charge is 0.308 e. The van der Waals surface area contributed by atoms with Crippen molar-refractivity contribution in [3.63, 3.8) is 0 Å². The third-order valence-electron chi connectivity index (χ3n) is 3.57. The molecule has 1 aromatic rings. The van der Waals surface area contributed by atoms with E-state index in [-0.39, 0.29) is 0 Å². The van der Waals surface area contributed by atoms with Crippen molar-refractivity contribution in [2.75, 3.05) is 0 Å². The molecule has 0 aromatic heterocycles. The fraction of sp³-hybridized carbons (Fsp3) is 0.647. The molecule has 0 amide bonds. The molecule has 1 nitrogen and oxygen atoms in total. The summed E-state index contributed by atoms with van der Waals surface area (Å²) < 4.78 is 0. The fourth-order valence-corrected chi connectivity index (χ4v) is 2.42. The predicted octanol–water partition coefficient (Wildman–Crippen LogP) is 5.00. The van der Waals surface area contributed by atoms with Crippen molar-refractivity contribution >= 4 is 0 Å². The van der Waals surface area contributed by atoms with E-state index >= 15 is 0 Å². The summed E-state index contributed by atoms with van der Waals surface area (Å²) in [6.45, 7) is 8.99. The summed E-state index contributed by atoms with van der Waals surface area (Å²) in [4.78, 5) is 0. The lowest BCUT2D eigenvalue weighted by atomic mass is 10.0. The smallest absolute Gasteiger partial charge is 0.0294 e. The van der Waals surface area contributed by atoms with E-state index < -0.39 is 0 Å². The normalized spacial score (nSPS) is 14.4. The monoisotopic (exact) mass is 247 g/mol. The molecule has 0 saturated carbocycles. The van der Waals surface area contributed by atoms with Gasteiger partial charge in [0, 0.05) is 12.1 Å². The lowest BCUT2D eigenvalue weighted by Gasteiger charge is -2.20. The van der Waals surface area contributed by atoms with Crippen LogP contribution in [0.25, 0.3) is 0 Å². The Labute approximate surface area is 113 Å². The average Bonchev–Trinajstić information content (AvgIpc) is 2.34. The van der Waals surface area contributed by atoms with Crippen LogP contribution >= 0.6 is 0 Å². The van der Waals surface area contributed by atoms with Crippen LogP contribution in [-0.2, 0) is 0 Å². The summed E-state index contributed by atoms with van der Waals surface area (Å²) >= 11 is 0. The predicted molar refractivity (Wildman–Crippen MR) is 81.0 cm³/mol. The quantitative estimate of drug-likeness (QED) is 0.637. The molecule has 1 aromatic carbocycles. The zero-order valence-electron chi connectivity index (χ0n) is 12.5. The third-order valence-corrected chi connectivity index (χ3v) is 3.57. The van der Waals surface area contributed by atoms with E-state index in [0.717, 1.165) is 0 Å². The Balaban J connectivity index is 2.32. The second kappa shape index (κ2) is 8.31. The van der Waals surface area contributed by atoms with Crippen LogP contribution < -0.4 is 5.32 Å². The zero-order valence-corrected chi connectivity index (χ0v) is 12.5. The van der Waals surface area contributed by atoms with Crippen molar-refractivity contribution in [2.45, 2.75) is 71.9 Å². The summed E-state index contributed by atoms with van der Waals surface area (Å²) in [5.74, 6) is 0. The first kappa shape index (κ1) is 15.2. The van der Waals surface area contributed by atoms with Crippen LogP contribution in [-0.4, -0.2) is 6.04 Å². The van der Waals surface area contributed by atoms with Gasteiger partial charge in [-0.1, -0.05) is 62.4 Å². The third kappa shape index (κ3) is 5.68. The average molecular weight is 247 g/mol. The van der Waals surface area contributed by atoms with E-state index in [1.807, 2.05) is 0 Å². The van der Waals surface area contributed by atoms with Crippen LogP contribution in [0.3, 0.4) is 0 Å². The number of hydrogen-bond donors (Lipinski definition) is 1. The number of hydrogen-bond acceptors (Lipinski definition) is 1. The molecule has 0 fully saturated rings. The van der Waals surface area contributed by atoms with Crippen LogP contribution in [0.2, 0.25) is 0 Å². The summed E-state index contributed by atoms with van der Waals surface area (Å²) in [6, 6.07) is 9.86. The fourth-order valence-electron chi connectivity index (χ4n) is 2.42. The molecule has 0 aliphatic rings. The molecule has 1 heteroatoms. The van der Waals surface area contributed by atoms with Crippen LogP contribution in [0.4, 0.5) is 0 Å². The number of benzene rings is 1. The molecule has 0 saturated heterocycles. The van der Waals surface area contributed by atoms with Crippen molar-refractivity contribution in [2.24, 2.45) is 0 Å². The second-order valence-electron chi connectivity index (χ2n) is 5.55. The molecular weight excluding hydrogens is 218 g/mol. The molecule has 0 aliphatic carbocycles. The molecule has 0 heterocycles. The molecule has 2 atom stereocenters. The maximum Gasteiger partial charge on any atom is 0.0294 e. The van der Waals surface area contributed by atoms with E-state index in [0.29, 0.717) is 12.1 Å². The Kier molecular flexibility index (Phi) is 7.04. The van der Waals surface area contributed by atoms with Crippen LogP contribution in [0.1, 0.15) is 70.0 Å². The molecule has 0 spiro atoms. The topological polar surface area (TPSA) is 12.0 Å². The molecule has 0 bridgehead atoms. The van der Waals surface area contributed by atoms with Gasteiger partial charge in [-0.15, -0.1) is 0 Å². The number of unbranched alkanes of at least 4 members (excludes halogenated alkanes) is 3. The highest BCUT2D eigenvalue weighted by molar-refractivity contribution is 5.24. The number of nitrogens with one attached hydrogen (secondary N) is 1. The van der Waals surface area contributed by atoms with Crippen LogP contribution in [0.5, 0.6) is 0 Å². The van der Waals surface area contributed by atoms with Crippen molar-refractivity contribution < 1.29 is 0 Å². The zero-order chi connectivity index (χ0) is 13.4. The van der Waals surface area contributed by atoms with E-state index in [1.165, 1.54) is 43.2 Å². The molecule has 0 radical (unpaired) electrons. The SMILES string of the molecule is CCCCCCC(C)NC(C)c1cccc(C)c1. The standard InChI is InChI=1S/C17H29N/c1-5-6-7-8-11-15(3)18-16(4)17-12-9-10-14(2)13-17/h9-10,12-13,15-16,18H,5-8,11H2,1-4H3. The van der Waals surface area contributed by atoms with E-state index in [4.69, 9.17) is 0 Å². The highest BCUT2D eigenvalue weighted by Gasteiger charge is 2.09. The van der Waals surface area contributed by atoms with E-state index in [9.17, 15) is 0 Å². The summed E-state index contributed by atoms with van der Waals surface area (Å²) in [5, 5.41) is 3.70. The lowest BCUT2D eigenvalue weighted by molar-refractivity contribution is 0.438. The Morgan fingerprint density at radius 3 is 2.56 bits per heavy atom. The van der Waals surface area contributed by atoms with Gasteiger partial charge in [-0.05, 0) is 32.8 Å².